The molecule has 2 N–H and O–H groups in total. The number of carbonyl (C=O) groups excluding carboxylic acids is 3. The summed E-state index contributed by atoms with van der Waals surface area (Å²) >= 11 is 0. The molecule has 1 atom stereocenters. The van der Waals surface area contributed by atoms with Gasteiger partial charge in [-0.3, -0.25) is 14.4 Å². The average Bonchev–Trinajstić information content (AvgIpc) is 3.28. The van der Waals surface area contributed by atoms with Gasteiger partial charge in [0.15, 0.2) is 0 Å². The van der Waals surface area contributed by atoms with Gasteiger partial charge in [-0.2, -0.15) is 0 Å². The fourth-order valence-corrected chi connectivity index (χ4v) is 4.40. The van der Waals surface area contributed by atoms with Gasteiger partial charge in [0.05, 0.1) is 0 Å². The van der Waals surface area contributed by atoms with Crippen LogP contribution in [0.4, 0.5) is 11.4 Å². The van der Waals surface area contributed by atoms with E-state index in [0.29, 0.717) is 29.8 Å². The van der Waals surface area contributed by atoms with Crippen LogP contribution in [0.2, 0.25) is 0 Å². The largest absolute Gasteiger partial charge is 0.340 e. The predicted molar refractivity (Wildman–Crippen MR) is 139 cm³/mol. The van der Waals surface area contributed by atoms with Gasteiger partial charge in [0.1, 0.15) is 6.04 Å². The molecule has 6 nitrogen and oxygen atoms in total. The fraction of sp³-hybridized carbons (Fsp3) is 0.276. The first-order valence-corrected chi connectivity index (χ1v) is 12.0. The number of hydrogen-bond acceptors (Lipinski definition) is 3. The number of para-hydroxylation sites is 1. The maximum Gasteiger partial charge on any atom is 0.258 e. The number of anilines is 2. The van der Waals surface area contributed by atoms with E-state index in [-0.39, 0.29) is 23.6 Å². The highest BCUT2D eigenvalue weighted by Crippen LogP contribution is 2.29. The second-order valence-corrected chi connectivity index (χ2v) is 9.37. The summed E-state index contributed by atoms with van der Waals surface area (Å²) in [5, 5.41) is 5.78. The summed E-state index contributed by atoms with van der Waals surface area (Å²) in [6.07, 6.45) is 1.36. The van der Waals surface area contributed by atoms with E-state index < -0.39 is 6.04 Å². The lowest BCUT2D eigenvalue weighted by Gasteiger charge is -2.21. The molecule has 0 aromatic heterocycles. The van der Waals surface area contributed by atoms with Crippen molar-refractivity contribution in [1.82, 2.24) is 5.32 Å². The number of hydrogen-bond donors (Lipinski definition) is 2. The quantitative estimate of drug-likeness (QED) is 0.512. The number of nitrogens with zero attached hydrogens (tertiary/aromatic N) is 1. The molecule has 1 unspecified atom stereocenters. The molecule has 0 radical (unpaired) electrons. The molecular weight excluding hydrogens is 438 g/mol. The van der Waals surface area contributed by atoms with Crippen molar-refractivity contribution in [2.75, 3.05) is 16.8 Å². The Labute approximate surface area is 206 Å². The molecule has 0 fully saturated rings. The van der Waals surface area contributed by atoms with E-state index >= 15 is 0 Å². The summed E-state index contributed by atoms with van der Waals surface area (Å²) in [5.41, 5.74) is 4.68. The molecule has 0 aliphatic carbocycles. The minimum atomic E-state index is -0.676. The molecule has 1 heterocycles. The molecule has 3 aromatic carbocycles. The zero-order valence-electron chi connectivity index (χ0n) is 20.4. The van der Waals surface area contributed by atoms with Crippen LogP contribution >= 0.6 is 0 Å². The first-order chi connectivity index (χ1) is 16.8. The third kappa shape index (κ3) is 5.60. The van der Waals surface area contributed by atoms with Crippen LogP contribution in [0.5, 0.6) is 0 Å². The molecule has 6 heteroatoms. The van der Waals surface area contributed by atoms with Crippen LogP contribution in [0.25, 0.3) is 0 Å². The molecule has 180 valence electrons. The maximum absolute atomic E-state index is 13.1. The van der Waals surface area contributed by atoms with Crippen LogP contribution in [0.15, 0.2) is 72.8 Å². The van der Waals surface area contributed by atoms with Gasteiger partial charge in [-0.25, -0.2) is 0 Å². The van der Waals surface area contributed by atoms with Crippen molar-refractivity contribution in [1.29, 1.82) is 0 Å². The molecule has 0 spiro atoms. The molecule has 3 aromatic rings. The Morgan fingerprint density at radius 1 is 0.914 bits per heavy atom. The highest BCUT2D eigenvalue weighted by Gasteiger charge is 2.26. The van der Waals surface area contributed by atoms with Gasteiger partial charge >= 0.3 is 0 Å². The van der Waals surface area contributed by atoms with Gasteiger partial charge in [-0.05, 0) is 73.2 Å². The molecule has 0 saturated heterocycles. The normalized spacial score (nSPS) is 13.3. The SMILES string of the molecule is Cc1ccccc1C(=O)NC(CC(C)C)C(=O)Nc1ccc(C(=O)N2CCc3ccccc32)cc1. The number of nitrogens with one attached hydrogen (secondary N) is 2. The molecule has 35 heavy (non-hydrogen) atoms. The summed E-state index contributed by atoms with van der Waals surface area (Å²) in [6.45, 7) is 6.55. The van der Waals surface area contributed by atoms with Crippen LogP contribution in [-0.4, -0.2) is 30.3 Å². The van der Waals surface area contributed by atoms with Crippen LogP contribution in [-0.2, 0) is 11.2 Å². The molecule has 0 bridgehead atoms. The van der Waals surface area contributed by atoms with Crippen LogP contribution in [0, 0.1) is 12.8 Å². The van der Waals surface area contributed by atoms with Crippen molar-refractivity contribution < 1.29 is 14.4 Å². The molecule has 1 aliphatic rings. The Hall–Kier alpha value is -3.93. The van der Waals surface area contributed by atoms with E-state index in [1.54, 1.807) is 35.2 Å². The Kier molecular flexibility index (Phi) is 7.30. The zero-order valence-corrected chi connectivity index (χ0v) is 20.4. The van der Waals surface area contributed by atoms with Crippen molar-refractivity contribution in [3.8, 4) is 0 Å². The topological polar surface area (TPSA) is 78.5 Å². The predicted octanol–water partition coefficient (Wildman–Crippen LogP) is 4.98. The Balaban J connectivity index is 1.43. The Morgan fingerprint density at radius 2 is 1.60 bits per heavy atom. The first kappa shape index (κ1) is 24.2. The second-order valence-electron chi connectivity index (χ2n) is 9.37. The molecule has 0 saturated carbocycles. The minimum absolute atomic E-state index is 0.0593. The third-order valence-electron chi connectivity index (χ3n) is 6.25. The number of benzene rings is 3. The van der Waals surface area contributed by atoms with E-state index in [1.807, 2.05) is 63.2 Å². The smallest absolute Gasteiger partial charge is 0.258 e. The van der Waals surface area contributed by atoms with Crippen LogP contribution < -0.4 is 15.5 Å². The monoisotopic (exact) mass is 469 g/mol. The van der Waals surface area contributed by atoms with Gasteiger partial charge in [-0.1, -0.05) is 50.2 Å². The Morgan fingerprint density at radius 3 is 2.31 bits per heavy atom. The van der Waals surface area contributed by atoms with Crippen molar-refractivity contribution in [3.05, 3.63) is 95.1 Å². The van der Waals surface area contributed by atoms with Gasteiger partial charge < -0.3 is 15.5 Å². The number of amides is 3. The lowest BCUT2D eigenvalue weighted by molar-refractivity contribution is -0.118. The van der Waals surface area contributed by atoms with Gasteiger partial charge in [0.25, 0.3) is 11.8 Å². The lowest BCUT2D eigenvalue weighted by atomic mass is 10.0. The van der Waals surface area contributed by atoms with Crippen LogP contribution in [0.1, 0.15) is 52.1 Å². The van der Waals surface area contributed by atoms with Crippen LogP contribution in [0.3, 0.4) is 0 Å². The van der Waals surface area contributed by atoms with Crippen molar-refractivity contribution >= 4 is 29.1 Å². The highest BCUT2D eigenvalue weighted by atomic mass is 16.2. The lowest BCUT2D eigenvalue weighted by Crippen LogP contribution is -2.44. The number of carbonyl (C=O) groups is 3. The van der Waals surface area contributed by atoms with Crippen molar-refractivity contribution in [2.45, 2.75) is 39.7 Å². The van der Waals surface area contributed by atoms with Crippen molar-refractivity contribution in [3.63, 3.8) is 0 Å². The van der Waals surface area contributed by atoms with Gasteiger partial charge in [-0.15, -0.1) is 0 Å². The van der Waals surface area contributed by atoms with Gasteiger partial charge in [0.2, 0.25) is 5.91 Å². The minimum Gasteiger partial charge on any atom is -0.340 e. The third-order valence-corrected chi connectivity index (χ3v) is 6.25. The summed E-state index contributed by atoms with van der Waals surface area (Å²) in [6, 6.07) is 21.5. The van der Waals surface area contributed by atoms with E-state index in [9.17, 15) is 14.4 Å². The number of fused-ring (bicyclic) bond motifs is 1. The second kappa shape index (κ2) is 10.6. The van der Waals surface area contributed by atoms with E-state index in [0.717, 1.165) is 17.7 Å². The van der Waals surface area contributed by atoms with Crippen molar-refractivity contribution in [2.24, 2.45) is 5.92 Å². The summed E-state index contributed by atoms with van der Waals surface area (Å²) < 4.78 is 0. The standard InChI is InChI=1S/C29H31N3O3/c1-19(2)18-25(31-27(33)24-10-6-4-8-20(24)3)28(34)30-23-14-12-22(13-15-23)29(35)32-17-16-21-9-5-7-11-26(21)32/h4-15,19,25H,16-18H2,1-3H3,(H,30,34)(H,31,33). The molecular formula is C29H31N3O3. The maximum atomic E-state index is 13.1. The molecule has 1 aliphatic heterocycles. The number of rotatable bonds is 7. The van der Waals surface area contributed by atoms with E-state index in [2.05, 4.69) is 10.6 Å². The average molecular weight is 470 g/mol. The van der Waals surface area contributed by atoms with E-state index in [4.69, 9.17) is 0 Å². The zero-order chi connectivity index (χ0) is 24.9. The highest BCUT2D eigenvalue weighted by molar-refractivity contribution is 6.08. The number of aryl methyl sites for hydroxylation is 1. The summed E-state index contributed by atoms with van der Waals surface area (Å²) in [5.74, 6) is -0.397. The molecule has 4 rings (SSSR count). The summed E-state index contributed by atoms with van der Waals surface area (Å²) in [7, 11) is 0. The summed E-state index contributed by atoms with van der Waals surface area (Å²) in [4.78, 5) is 40.7. The first-order valence-electron chi connectivity index (χ1n) is 12.0. The van der Waals surface area contributed by atoms with Gasteiger partial charge in [0, 0.05) is 29.0 Å². The Bertz CT molecular complexity index is 1230. The van der Waals surface area contributed by atoms with E-state index in [1.165, 1.54) is 5.56 Å². The fourth-order valence-electron chi connectivity index (χ4n) is 4.40. The molecule has 3 amide bonds.